The fourth-order valence-electron chi connectivity index (χ4n) is 2.50. The molecule has 5 nitrogen and oxygen atoms in total. The Morgan fingerprint density at radius 1 is 1.28 bits per heavy atom. The molecule has 2 aliphatic heterocycles. The summed E-state index contributed by atoms with van der Waals surface area (Å²) in [6.45, 7) is 6.29. The maximum Gasteiger partial charge on any atom is 0.151 e. The van der Waals surface area contributed by atoms with Crippen molar-refractivity contribution in [1.82, 2.24) is 10.2 Å². The van der Waals surface area contributed by atoms with Crippen LogP contribution in [-0.4, -0.2) is 70.8 Å². The molecule has 2 saturated heterocycles. The predicted molar refractivity (Wildman–Crippen MR) is 71.5 cm³/mol. The van der Waals surface area contributed by atoms with Crippen LogP contribution in [0.3, 0.4) is 0 Å². The van der Waals surface area contributed by atoms with E-state index >= 15 is 0 Å². The maximum atomic E-state index is 11.5. The van der Waals surface area contributed by atoms with Crippen molar-refractivity contribution in [3.05, 3.63) is 0 Å². The molecule has 18 heavy (non-hydrogen) atoms. The van der Waals surface area contributed by atoms with Gasteiger partial charge in [0.25, 0.3) is 0 Å². The molecule has 0 aromatic rings. The number of rotatable bonds is 5. The standard InChI is InChI=1S/C12H24N2O3S/c15-18(16)8-1-4-14(6-9-18)5-3-13-10-12-2-7-17-11-12/h12-13H,1-11H2. The summed E-state index contributed by atoms with van der Waals surface area (Å²) in [6, 6.07) is 0. The topological polar surface area (TPSA) is 58.6 Å². The van der Waals surface area contributed by atoms with Crippen molar-refractivity contribution in [3.8, 4) is 0 Å². The van der Waals surface area contributed by atoms with Crippen LogP contribution in [0.15, 0.2) is 0 Å². The van der Waals surface area contributed by atoms with Gasteiger partial charge >= 0.3 is 0 Å². The van der Waals surface area contributed by atoms with Crippen LogP contribution in [0.5, 0.6) is 0 Å². The van der Waals surface area contributed by atoms with Crippen molar-refractivity contribution >= 4 is 9.84 Å². The van der Waals surface area contributed by atoms with E-state index in [1.165, 1.54) is 0 Å². The minimum Gasteiger partial charge on any atom is -0.381 e. The van der Waals surface area contributed by atoms with Gasteiger partial charge in [0.1, 0.15) is 0 Å². The van der Waals surface area contributed by atoms with E-state index in [4.69, 9.17) is 4.74 Å². The van der Waals surface area contributed by atoms with Crippen LogP contribution < -0.4 is 5.32 Å². The number of hydrogen-bond acceptors (Lipinski definition) is 5. The average molecular weight is 276 g/mol. The largest absolute Gasteiger partial charge is 0.381 e. The van der Waals surface area contributed by atoms with Gasteiger partial charge in [0, 0.05) is 32.8 Å². The zero-order valence-corrected chi connectivity index (χ0v) is 11.8. The van der Waals surface area contributed by atoms with Crippen LogP contribution in [-0.2, 0) is 14.6 Å². The number of sulfone groups is 1. The molecule has 1 N–H and O–H groups in total. The van der Waals surface area contributed by atoms with Gasteiger partial charge in [-0.05, 0) is 25.3 Å². The van der Waals surface area contributed by atoms with E-state index in [-0.39, 0.29) is 0 Å². The van der Waals surface area contributed by atoms with Gasteiger partial charge in [-0.3, -0.25) is 0 Å². The lowest BCUT2D eigenvalue weighted by atomic mass is 10.1. The minimum absolute atomic E-state index is 0.323. The second kappa shape index (κ2) is 6.84. The maximum absolute atomic E-state index is 11.5. The van der Waals surface area contributed by atoms with Gasteiger partial charge in [0.2, 0.25) is 0 Å². The molecule has 0 aromatic carbocycles. The Hall–Kier alpha value is -0.170. The number of nitrogens with one attached hydrogen (secondary N) is 1. The van der Waals surface area contributed by atoms with Crippen molar-refractivity contribution < 1.29 is 13.2 Å². The lowest BCUT2D eigenvalue weighted by Crippen LogP contribution is -2.35. The zero-order valence-electron chi connectivity index (χ0n) is 10.9. The summed E-state index contributed by atoms with van der Waals surface area (Å²) < 4.78 is 28.3. The first-order chi connectivity index (χ1) is 8.66. The Morgan fingerprint density at radius 3 is 2.94 bits per heavy atom. The summed E-state index contributed by atoms with van der Waals surface area (Å²) in [5.41, 5.74) is 0. The molecule has 2 fully saturated rings. The predicted octanol–water partition coefficient (Wildman–Crippen LogP) is -0.267. The molecule has 0 radical (unpaired) electrons. The van der Waals surface area contributed by atoms with Gasteiger partial charge in [0.05, 0.1) is 18.1 Å². The third kappa shape index (κ3) is 4.84. The number of nitrogens with zero attached hydrogens (tertiary/aromatic N) is 1. The molecule has 1 unspecified atom stereocenters. The Balaban J connectivity index is 1.58. The summed E-state index contributed by atoms with van der Waals surface area (Å²) in [7, 11) is -2.77. The average Bonchev–Trinajstić information content (AvgIpc) is 2.77. The summed E-state index contributed by atoms with van der Waals surface area (Å²) in [5, 5.41) is 3.44. The first-order valence-electron chi connectivity index (χ1n) is 6.87. The highest BCUT2D eigenvalue weighted by atomic mass is 32.2. The smallest absolute Gasteiger partial charge is 0.151 e. The second-order valence-electron chi connectivity index (χ2n) is 5.28. The van der Waals surface area contributed by atoms with Gasteiger partial charge in [-0.1, -0.05) is 0 Å². The van der Waals surface area contributed by atoms with Crippen LogP contribution in [0.1, 0.15) is 12.8 Å². The van der Waals surface area contributed by atoms with E-state index in [0.717, 1.165) is 52.2 Å². The highest BCUT2D eigenvalue weighted by Crippen LogP contribution is 2.10. The van der Waals surface area contributed by atoms with Gasteiger partial charge in [-0.15, -0.1) is 0 Å². The fourth-order valence-corrected chi connectivity index (χ4v) is 3.81. The van der Waals surface area contributed by atoms with E-state index in [1.807, 2.05) is 0 Å². The number of ether oxygens (including phenoxy) is 1. The van der Waals surface area contributed by atoms with E-state index in [2.05, 4.69) is 10.2 Å². The van der Waals surface area contributed by atoms with Crippen LogP contribution in [0, 0.1) is 5.92 Å². The lowest BCUT2D eigenvalue weighted by molar-refractivity contribution is 0.185. The summed E-state index contributed by atoms with van der Waals surface area (Å²) in [5.74, 6) is 1.34. The Labute approximate surface area is 110 Å². The highest BCUT2D eigenvalue weighted by molar-refractivity contribution is 7.91. The van der Waals surface area contributed by atoms with E-state index in [9.17, 15) is 8.42 Å². The summed E-state index contributed by atoms with van der Waals surface area (Å²) in [4.78, 5) is 2.25. The molecule has 2 aliphatic rings. The highest BCUT2D eigenvalue weighted by Gasteiger charge is 2.19. The third-order valence-electron chi connectivity index (χ3n) is 3.71. The van der Waals surface area contributed by atoms with Crippen LogP contribution >= 0.6 is 0 Å². The van der Waals surface area contributed by atoms with Crippen molar-refractivity contribution in [1.29, 1.82) is 0 Å². The van der Waals surface area contributed by atoms with Crippen molar-refractivity contribution in [2.45, 2.75) is 12.8 Å². The molecule has 0 spiro atoms. The fraction of sp³-hybridized carbons (Fsp3) is 1.00. The Bertz CT molecular complexity index is 339. The molecule has 6 heteroatoms. The molecular weight excluding hydrogens is 252 g/mol. The monoisotopic (exact) mass is 276 g/mol. The van der Waals surface area contributed by atoms with Gasteiger partial charge in [-0.25, -0.2) is 8.42 Å². The SMILES string of the molecule is O=S1(=O)CCCN(CCNCC2CCOC2)CC1. The minimum atomic E-state index is -2.77. The zero-order chi connectivity index (χ0) is 12.8. The molecule has 0 aromatic heterocycles. The first kappa shape index (κ1) is 14.2. The molecule has 0 saturated carbocycles. The summed E-state index contributed by atoms with van der Waals surface area (Å²) in [6.07, 6.45) is 1.94. The molecule has 0 bridgehead atoms. The van der Waals surface area contributed by atoms with Crippen molar-refractivity contribution in [2.24, 2.45) is 5.92 Å². The molecule has 2 rings (SSSR count). The molecule has 1 atom stereocenters. The molecular formula is C12H24N2O3S. The van der Waals surface area contributed by atoms with Gasteiger partial charge in [0.15, 0.2) is 9.84 Å². The quantitative estimate of drug-likeness (QED) is 0.701. The van der Waals surface area contributed by atoms with Gasteiger partial charge in [-0.2, -0.15) is 0 Å². The van der Waals surface area contributed by atoms with E-state index < -0.39 is 9.84 Å². The molecule has 2 heterocycles. The first-order valence-corrected chi connectivity index (χ1v) is 8.69. The number of hydrogen-bond donors (Lipinski definition) is 1. The normalized spacial score (nSPS) is 29.2. The van der Waals surface area contributed by atoms with Crippen LogP contribution in [0.4, 0.5) is 0 Å². The van der Waals surface area contributed by atoms with E-state index in [1.54, 1.807) is 0 Å². The van der Waals surface area contributed by atoms with Crippen LogP contribution in [0.2, 0.25) is 0 Å². The van der Waals surface area contributed by atoms with Crippen LogP contribution in [0.25, 0.3) is 0 Å². The lowest BCUT2D eigenvalue weighted by Gasteiger charge is -2.19. The summed E-state index contributed by atoms with van der Waals surface area (Å²) >= 11 is 0. The molecule has 0 amide bonds. The van der Waals surface area contributed by atoms with Crippen molar-refractivity contribution in [2.75, 3.05) is 57.4 Å². The molecule has 0 aliphatic carbocycles. The van der Waals surface area contributed by atoms with E-state index in [0.29, 0.717) is 24.0 Å². The second-order valence-corrected chi connectivity index (χ2v) is 7.58. The van der Waals surface area contributed by atoms with Crippen molar-refractivity contribution in [3.63, 3.8) is 0 Å². The Kier molecular flexibility index (Phi) is 5.41. The Morgan fingerprint density at radius 2 is 2.17 bits per heavy atom. The third-order valence-corrected chi connectivity index (χ3v) is 5.43. The van der Waals surface area contributed by atoms with Gasteiger partial charge < -0.3 is 15.0 Å². The molecule has 106 valence electrons.